The van der Waals surface area contributed by atoms with Crippen molar-refractivity contribution in [2.45, 2.75) is 18.6 Å². The number of para-hydroxylation sites is 1. The molecule has 7 heteroatoms. The van der Waals surface area contributed by atoms with Crippen LogP contribution in [-0.2, 0) is 14.3 Å². The molecule has 7 nitrogen and oxygen atoms in total. The zero-order valence-electron chi connectivity index (χ0n) is 15.3. The number of hydrogen-bond donors (Lipinski definition) is 2. The summed E-state index contributed by atoms with van der Waals surface area (Å²) in [4.78, 5) is 39.4. The second-order valence-electron chi connectivity index (χ2n) is 6.87. The van der Waals surface area contributed by atoms with Gasteiger partial charge in [-0.3, -0.25) is 14.4 Å². The van der Waals surface area contributed by atoms with Crippen molar-refractivity contribution in [1.82, 2.24) is 10.2 Å². The number of benzene rings is 2. The molecule has 144 valence electrons. The van der Waals surface area contributed by atoms with Crippen LogP contribution in [0.25, 0.3) is 0 Å². The topological polar surface area (TPSA) is 87.7 Å². The molecule has 1 saturated heterocycles. The maximum atomic E-state index is 12.8. The SMILES string of the molecule is O=C1N[C@@H](CC(=O)N2CCOC(c3ccccc3)C2)C(=O)Nc2ccccc21. The molecule has 2 aliphatic heterocycles. The number of ether oxygens (including phenoxy) is 1. The molecule has 1 fully saturated rings. The average Bonchev–Trinajstić information content (AvgIpc) is 2.85. The average molecular weight is 379 g/mol. The fraction of sp³-hybridized carbons (Fsp3) is 0.286. The van der Waals surface area contributed by atoms with Gasteiger partial charge >= 0.3 is 0 Å². The lowest BCUT2D eigenvalue weighted by Crippen LogP contribution is -2.48. The van der Waals surface area contributed by atoms with Crippen LogP contribution in [0, 0.1) is 0 Å². The van der Waals surface area contributed by atoms with Crippen LogP contribution < -0.4 is 10.6 Å². The summed E-state index contributed by atoms with van der Waals surface area (Å²) in [7, 11) is 0. The zero-order valence-corrected chi connectivity index (χ0v) is 15.3. The van der Waals surface area contributed by atoms with E-state index in [0.717, 1.165) is 5.56 Å². The number of rotatable bonds is 3. The number of anilines is 1. The third-order valence-electron chi connectivity index (χ3n) is 5.02. The predicted octanol–water partition coefficient (Wildman–Crippen LogP) is 1.73. The zero-order chi connectivity index (χ0) is 19.5. The molecule has 1 unspecified atom stereocenters. The molecule has 0 spiro atoms. The fourth-order valence-corrected chi connectivity index (χ4v) is 3.50. The maximum absolute atomic E-state index is 12.8. The molecular formula is C21H21N3O4. The minimum Gasteiger partial charge on any atom is -0.370 e. The van der Waals surface area contributed by atoms with Gasteiger partial charge in [-0.1, -0.05) is 42.5 Å². The van der Waals surface area contributed by atoms with Crippen LogP contribution in [0.1, 0.15) is 28.4 Å². The Morgan fingerprint density at radius 1 is 1.07 bits per heavy atom. The number of carbonyl (C=O) groups excluding carboxylic acids is 3. The normalized spacial score (nSPS) is 21.9. The van der Waals surface area contributed by atoms with E-state index >= 15 is 0 Å². The molecule has 2 heterocycles. The van der Waals surface area contributed by atoms with Crippen LogP contribution in [-0.4, -0.2) is 48.4 Å². The minimum atomic E-state index is -0.912. The minimum absolute atomic E-state index is 0.0902. The molecule has 2 atom stereocenters. The van der Waals surface area contributed by atoms with E-state index in [1.165, 1.54) is 0 Å². The van der Waals surface area contributed by atoms with Crippen LogP contribution in [0.3, 0.4) is 0 Å². The quantitative estimate of drug-likeness (QED) is 0.850. The Labute approximate surface area is 162 Å². The molecule has 0 bridgehead atoms. The first-order chi connectivity index (χ1) is 13.6. The van der Waals surface area contributed by atoms with Gasteiger partial charge in [-0.25, -0.2) is 0 Å². The van der Waals surface area contributed by atoms with E-state index in [1.54, 1.807) is 29.2 Å². The Bertz CT molecular complexity index is 900. The van der Waals surface area contributed by atoms with Gasteiger partial charge < -0.3 is 20.3 Å². The fourth-order valence-electron chi connectivity index (χ4n) is 3.50. The van der Waals surface area contributed by atoms with E-state index in [4.69, 9.17) is 4.74 Å². The summed E-state index contributed by atoms with van der Waals surface area (Å²) >= 11 is 0. The highest BCUT2D eigenvalue weighted by atomic mass is 16.5. The molecule has 4 rings (SSSR count). The van der Waals surface area contributed by atoms with Crippen LogP contribution in [0.15, 0.2) is 54.6 Å². The van der Waals surface area contributed by atoms with E-state index in [2.05, 4.69) is 10.6 Å². The molecule has 2 N–H and O–H groups in total. The van der Waals surface area contributed by atoms with Gasteiger partial charge in [-0.2, -0.15) is 0 Å². The molecule has 2 aliphatic rings. The van der Waals surface area contributed by atoms with Gasteiger partial charge in [0.1, 0.15) is 12.1 Å². The van der Waals surface area contributed by atoms with Crippen molar-refractivity contribution in [3.8, 4) is 0 Å². The lowest BCUT2D eigenvalue weighted by molar-refractivity contribution is -0.140. The lowest BCUT2D eigenvalue weighted by atomic mass is 10.1. The van der Waals surface area contributed by atoms with Crippen LogP contribution >= 0.6 is 0 Å². The van der Waals surface area contributed by atoms with Crippen molar-refractivity contribution in [2.24, 2.45) is 0 Å². The van der Waals surface area contributed by atoms with E-state index in [9.17, 15) is 14.4 Å². The summed E-state index contributed by atoms with van der Waals surface area (Å²) in [5, 5.41) is 5.40. The van der Waals surface area contributed by atoms with E-state index in [0.29, 0.717) is 30.9 Å². The van der Waals surface area contributed by atoms with Crippen molar-refractivity contribution in [1.29, 1.82) is 0 Å². The number of nitrogens with zero attached hydrogens (tertiary/aromatic N) is 1. The van der Waals surface area contributed by atoms with Crippen molar-refractivity contribution >= 4 is 23.4 Å². The molecule has 0 saturated carbocycles. The molecule has 2 aromatic carbocycles. The largest absolute Gasteiger partial charge is 0.370 e. The Morgan fingerprint density at radius 2 is 1.82 bits per heavy atom. The van der Waals surface area contributed by atoms with Crippen molar-refractivity contribution < 1.29 is 19.1 Å². The Morgan fingerprint density at radius 3 is 2.64 bits per heavy atom. The van der Waals surface area contributed by atoms with Crippen LogP contribution in [0.2, 0.25) is 0 Å². The molecule has 28 heavy (non-hydrogen) atoms. The molecule has 3 amide bonds. The van der Waals surface area contributed by atoms with Crippen LogP contribution in [0.4, 0.5) is 5.69 Å². The van der Waals surface area contributed by atoms with Gasteiger partial charge in [0.25, 0.3) is 5.91 Å². The number of hydrogen-bond acceptors (Lipinski definition) is 4. The number of amides is 3. The maximum Gasteiger partial charge on any atom is 0.254 e. The number of morpholine rings is 1. The van der Waals surface area contributed by atoms with Gasteiger partial charge in [0.2, 0.25) is 11.8 Å². The summed E-state index contributed by atoms with van der Waals surface area (Å²) in [5.74, 6) is -0.939. The lowest BCUT2D eigenvalue weighted by Gasteiger charge is -2.34. The summed E-state index contributed by atoms with van der Waals surface area (Å²) in [6.07, 6.45) is -0.284. The van der Waals surface area contributed by atoms with Crippen molar-refractivity contribution in [2.75, 3.05) is 25.0 Å². The second kappa shape index (κ2) is 7.82. The highest BCUT2D eigenvalue weighted by Gasteiger charge is 2.32. The van der Waals surface area contributed by atoms with Gasteiger partial charge in [0, 0.05) is 6.54 Å². The molecule has 0 aromatic heterocycles. The smallest absolute Gasteiger partial charge is 0.254 e. The molecular weight excluding hydrogens is 358 g/mol. The van der Waals surface area contributed by atoms with Crippen molar-refractivity contribution in [3.05, 3.63) is 65.7 Å². The number of nitrogens with one attached hydrogen (secondary N) is 2. The first kappa shape index (κ1) is 18.2. The predicted molar refractivity (Wildman–Crippen MR) is 103 cm³/mol. The summed E-state index contributed by atoms with van der Waals surface area (Å²) in [5.41, 5.74) is 1.85. The summed E-state index contributed by atoms with van der Waals surface area (Å²) in [6, 6.07) is 15.6. The summed E-state index contributed by atoms with van der Waals surface area (Å²) in [6.45, 7) is 1.32. The van der Waals surface area contributed by atoms with Gasteiger partial charge in [0.15, 0.2) is 0 Å². The Hall–Kier alpha value is -3.19. The highest BCUT2D eigenvalue weighted by Crippen LogP contribution is 2.23. The molecule has 0 aliphatic carbocycles. The molecule has 0 radical (unpaired) electrons. The number of carbonyl (C=O) groups is 3. The third-order valence-corrected chi connectivity index (χ3v) is 5.02. The number of fused-ring (bicyclic) bond motifs is 1. The Balaban J connectivity index is 1.43. The van der Waals surface area contributed by atoms with E-state index < -0.39 is 6.04 Å². The van der Waals surface area contributed by atoms with Gasteiger partial charge in [-0.15, -0.1) is 0 Å². The Kier molecular flexibility index (Phi) is 5.08. The van der Waals surface area contributed by atoms with E-state index in [-0.39, 0.29) is 30.2 Å². The standard InChI is InChI=1S/C21H21N3O4/c25-19(24-10-11-28-18(13-24)14-6-2-1-3-7-14)12-17-21(27)22-16-9-5-4-8-15(16)20(26)23-17/h1-9,17-18H,10-13H2,(H,22,27)(H,23,26)/t17-,18?/m0/s1. The van der Waals surface area contributed by atoms with Gasteiger partial charge in [-0.05, 0) is 17.7 Å². The molecule has 2 aromatic rings. The highest BCUT2D eigenvalue weighted by molar-refractivity contribution is 6.10. The monoisotopic (exact) mass is 379 g/mol. The third kappa shape index (κ3) is 3.75. The van der Waals surface area contributed by atoms with Crippen molar-refractivity contribution in [3.63, 3.8) is 0 Å². The van der Waals surface area contributed by atoms with E-state index in [1.807, 2.05) is 30.3 Å². The van der Waals surface area contributed by atoms with Gasteiger partial charge in [0.05, 0.1) is 30.8 Å². The first-order valence-electron chi connectivity index (χ1n) is 9.27. The second-order valence-corrected chi connectivity index (χ2v) is 6.87. The van der Waals surface area contributed by atoms with Crippen LogP contribution in [0.5, 0.6) is 0 Å². The first-order valence-corrected chi connectivity index (χ1v) is 9.27. The summed E-state index contributed by atoms with van der Waals surface area (Å²) < 4.78 is 5.79.